The Labute approximate surface area is 130 Å². The lowest BCUT2D eigenvalue weighted by atomic mass is 10.3. The first-order valence-electron chi connectivity index (χ1n) is 6.80. The lowest BCUT2D eigenvalue weighted by molar-refractivity contribution is -0.140. The Kier molecular flexibility index (Phi) is 4.44. The fourth-order valence-corrected chi connectivity index (χ4v) is 2.07. The zero-order valence-corrected chi connectivity index (χ0v) is 12.6. The highest BCUT2D eigenvalue weighted by atomic mass is 16.4. The average Bonchev–Trinajstić information content (AvgIpc) is 3.12. The van der Waals surface area contributed by atoms with Crippen LogP contribution in [0.4, 0.5) is 5.69 Å². The fourth-order valence-electron chi connectivity index (χ4n) is 2.07. The molecular formula is C13H16N6O4. The smallest absolute Gasteiger partial charge is 0.328 e. The van der Waals surface area contributed by atoms with Crippen LogP contribution in [-0.4, -0.2) is 42.5 Å². The minimum Gasteiger partial charge on any atom is -0.480 e. The molecule has 0 bridgehead atoms. The van der Waals surface area contributed by atoms with Crippen molar-refractivity contribution in [2.45, 2.75) is 26.4 Å². The van der Waals surface area contributed by atoms with Crippen molar-refractivity contribution in [3.8, 4) is 0 Å². The number of nitrogens with one attached hydrogen (secondary N) is 1. The number of carboxylic acids is 1. The van der Waals surface area contributed by atoms with Gasteiger partial charge in [-0.05, 0) is 19.9 Å². The summed E-state index contributed by atoms with van der Waals surface area (Å²) < 4.78 is 2.43. The molecule has 0 saturated carbocycles. The van der Waals surface area contributed by atoms with Gasteiger partial charge in [-0.25, -0.2) is 9.48 Å². The van der Waals surface area contributed by atoms with Crippen LogP contribution in [0.15, 0.2) is 18.5 Å². The number of primary amides is 1. The van der Waals surface area contributed by atoms with Gasteiger partial charge >= 0.3 is 5.97 Å². The zero-order chi connectivity index (χ0) is 17.1. The Morgan fingerprint density at radius 2 is 2.09 bits per heavy atom. The minimum atomic E-state index is -1.13. The molecule has 0 aliphatic heterocycles. The fraction of sp³-hybridized carbons (Fsp3) is 0.308. The van der Waals surface area contributed by atoms with E-state index in [-0.39, 0.29) is 17.1 Å². The van der Waals surface area contributed by atoms with Gasteiger partial charge in [0.05, 0.1) is 11.9 Å². The van der Waals surface area contributed by atoms with Gasteiger partial charge in [0, 0.05) is 12.7 Å². The number of nitrogens with two attached hydrogens (primary N) is 1. The first-order valence-corrected chi connectivity index (χ1v) is 6.80. The van der Waals surface area contributed by atoms with E-state index >= 15 is 0 Å². The number of rotatable bonds is 6. The van der Waals surface area contributed by atoms with Gasteiger partial charge in [-0.1, -0.05) is 0 Å². The maximum absolute atomic E-state index is 12.3. The third-order valence-corrected chi connectivity index (χ3v) is 3.25. The van der Waals surface area contributed by atoms with Crippen molar-refractivity contribution in [1.29, 1.82) is 0 Å². The zero-order valence-electron chi connectivity index (χ0n) is 12.6. The number of carboxylic acid groups (broad SMARTS) is 1. The van der Waals surface area contributed by atoms with Crippen LogP contribution < -0.4 is 11.1 Å². The van der Waals surface area contributed by atoms with Crippen LogP contribution >= 0.6 is 0 Å². The number of anilines is 1. The molecule has 0 radical (unpaired) electrons. The summed E-state index contributed by atoms with van der Waals surface area (Å²) in [7, 11) is 0. The molecule has 0 aromatic carbocycles. The topological polar surface area (TPSA) is 145 Å². The maximum Gasteiger partial charge on any atom is 0.328 e. The highest BCUT2D eigenvalue weighted by Crippen LogP contribution is 2.17. The second-order valence-corrected chi connectivity index (χ2v) is 4.72. The highest BCUT2D eigenvalue weighted by molar-refractivity contribution is 6.07. The molecule has 2 aromatic rings. The van der Waals surface area contributed by atoms with Crippen molar-refractivity contribution in [1.82, 2.24) is 19.6 Å². The molecule has 23 heavy (non-hydrogen) atoms. The molecule has 122 valence electrons. The first kappa shape index (κ1) is 16.2. The van der Waals surface area contributed by atoms with Gasteiger partial charge in [0.1, 0.15) is 17.4 Å². The summed E-state index contributed by atoms with van der Waals surface area (Å²) in [5, 5.41) is 19.3. The first-order chi connectivity index (χ1) is 10.9. The average molecular weight is 320 g/mol. The van der Waals surface area contributed by atoms with E-state index in [0.717, 1.165) is 4.68 Å². The van der Waals surface area contributed by atoms with Gasteiger partial charge < -0.3 is 16.2 Å². The molecule has 2 heterocycles. The second kappa shape index (κ2) is 6.30. The lowest BCUT2D eigenvalue weighted by Crippen LogP contribution is -2.25. The van der Waals surface area contributed by atoms with E-state index < -0.39 is 23.8 Å². The summed E-state index contributed by atoms with van der Waals surface area (Å²) in [5.41, 5.74) is 5.56. The molecule has 2 rings (SSSR count). The molecule has 0 aliphatic carbocycles. The molecule has 10 nitrogen and oxygen atoms in total. The van der Waals surface area contributed by atoms with Gasteiger partial charge in [0.2, 0.25) is 0 Å². The van der Waals surface area contributed by atoms with Crippen molar-refractivity contribution in [3.63, 3.8) is 0 Å². The standard InChI is InChI=1S/C13H16N6O4/c1-3-18-10(11(14)20)8(6-16-18)17-12(21)9-4-5-15-19(9)7(2)13(22)23/h4-7H,3H2,1-2H3,(H2,14,20)(H,17,21)(H,22,23). The van der Waals surface area contributed by atoms with Crippen molar-refractivity contribution < 1.29 is 19.5 Å². The molecule has 4 N–H and O–H groups in total. The van der Waals surface area contributed by atoms with Crippen LogP contribution in [0.5, 0.6) is 0 Å². The van der Waals surface area contributed by atoms with Gasteiger partial charge in [0.15, 0.2) is 0 Å². The quantitative estimate of drug-likeness (QED) is 0.688. The molecule has 0 fully saturated rings. The second-order valence-electron chi connectivity index (χ2n) is 4.72. The van der Waals surface area contributed by atoms with Crippen molar-refractivity contribution in [2.75, 3.05) is 5.32 Å². The normalized spacial score (nSPS) is 11.9. The Bertz CT molecular complexity index is 762. The van der Waals surface area contributed by atoms with E-state index in [0.29, 0.717) is 6.54 Å². The Hall–Kier alpha value is -3.17. The van der Waals surface area contributed by atoms with Crippen LogP contribution in [-0.2, 0) is 11.3 Å². The number of carbonyl (C=O) groups is 3. The van der Waals surface area contributed by atoms with Crippen LogP contribution in [0, 0.1) is 0 Å². The highest BCUT2D eigenvalue weighted by Gasteiger charge is 2.23. The van der Waals surface area contributed by atoms with E-state index in [1.807, 2.05) is 0 Å². The summed E-state index contributed by atoms with van der Waals surface area (Å²) >= 11 is 0. The van der Waals surface area contributed by atoms with Gasteiger partial charge in [-0.15, -0.1) is 0 Å². The Morgan fingerprint density at radius 1 is 1.39 bits per heavy atom. The van der Waals surface area contributed by atoms with E-state index in [9.17, 15) is 14.4 Å². The molecule has 0 aliphatic rings. The van der Waals surface area contributed by atoms with E-state index in [2.05, 4.69) is 15.5 Å². The number of nitrogens with zero attached hydrogens (tertiary/aromatic N) is 4. The predicted octanol–water partition coefficient (Wildman–Crippen LogP) is 0.0963. The van der Waals surface area contributed by atoms with Crippen LogP contribution in [0.2, 0.25) is 0 Å². The summed E-state index contributed by atoms with van der Waals surface area (Å²) in [5.74, 6) is -2.47. The third kappa shape index (κ3) is 3.05. The largest absolute Gasteiger partial charge is 0.480 e. The number of aromatic nitrogens is 4. The number of hydrogen-bond donors (Lipinski definition) is 3. The van der Waals surface area contributed by atoms with Crippen molar-refractivity contribution >= 4 is 23.5 Å². The van der Waals surface area contributed by atoms with Crippen molar-refractivity contribution in [3.05, 3.63) is 29.8 Å². The molecule has 2 aromatic heterocycles. The molecule has 0 saturated heterocycles. The number of aryl methyl sites for hydroxylation is 1. The van der Waals surface area contributed by atoms with Crippen LogP contribution in [0.25, 0.3) is 0 Å². The summed E-state index contributed by atoms with van der Waals surface area (Å²) in [6.07, 6.45) is 2.63. The maximum atomic E-state index is 12.3. The lowest BCUT2D eigenvalue weighted by Gasteiger charge is -2.11. The summed E-state index contributed by atoms with van der Waals surface area (Å²) in [6.45, 7) is 3.58. The Morgan fingerprint density at radius 3 is 2.65 bits per heavy atom. The Balaban J connectivity index is 2.31. The van der Waals surface area contributed by atoms with E-state index in [1.54, 1.807) is 6.92 Å². The van der Waals surface area contributed by atoms with Gasteiger partial charge in [-0.2, -0.15) is 10.2 Å². The molecule has 1 unspecified atom stereocenters. The predicted molar refractivity (Wildman–Crippen MR) is 78.9 cm³/mol. The third-order valence-electron chi connectivity index (χ3n) is 3.25. The van der Waals surface area contributed by atoms with E-state index in [4.69, 9.17) is 10.8 Å². The van der Waals surface area contributed by atoms with Gasteiger partial charge in [0.25, 0.3) is 11.8 Å². The van der Waals surface area contributed by atoms with Crippen LogP contribution in [0.1, 0.15) is 40.9 Å². The molecular weight excluding hydrogens is 304 g/mol. The monoisotopic (exact) mass is 320 g/mol. The van der Waals surface area contributed by atoms with Crippen molar-refractivity contribution in [2.24, 2.45) is 5.73 Å². The van der Waals surface area contributed by atoms with Crippen LogP contribution in [0.3, 0.4) is 0 Å². The molecule has 10 heteroatoms. The van der Waals surface area contributed by atoms with Gasteiger partial charge in [-0.3, -0.25) is 14.3 Å². The van der Waals surface area contributed by atoms with E-state index in [1.165, 1.54) is 30.1 Å². The molecule has 2 amide bonds. The number of aliphatic carboxylic acids is 1. The number of amides is 2. The molecule has 1 atom stereocenters. The summed E-state index contributed by atoms with van der Waals surface area (Å²) in [6, 6.07) is 0.364. The molecule has 0 spiro atoms. The summed E-state index contributed by atoms with van der Waals surface area (Å²) in [4.78, 5) is 34.9. The minimum absolute atomic E-state index is 0.0413. The SMILES string of the molecule is CCn1ncc(NC(=O)c2ccnn2C(C)C(=O)O)c1C(N)=O. The number of hydrogen-bond acceptors (Lipinski definition) is 5. The number of carbonyl (C=O) groups excluding carboxylic acids is 2.